The first-order valence-electron chi connectivity index (χ1n) is 6.53. The van der Waals surface area contributed by atoms with Gasteiger partial charge in [0.2, 0.25) is 5.91 Å². The third-order valence-electron chi connectivity index (χ3n) is 3.99. The van der Waals surface area contributed by atoms with Gasteiger partial charge in [-0.05, 0) is 45.6 Å². The van der Waals surface area contributed by atoms with Crippen LogP contribution in [0.4, 0.5) is 0 Å². The number of nitrogens with one attached hydrogen (secondary N) is 1. The average molecular weight is 224 g/mol. The Bertz CT molecular complexity index is 269. The quantitative estimate of drug-likeness (QED) is 0.734. The number of carbonyl (C=O) groups is 1. The number of hydrogen-bond donors (Lipinski definition) is 1. The van der Waals surface area contributed by atoms with Crippen molar-refractivity contribution in [2.75, 3.05) is 19.6 Å². The Labute approximate surface area is 98.6 Å². The molecule has 2 aliphatic heterocycles. The monoisotopic (exact) mass is 224 g/mol. The minimum absolute atomic E-state index is 0.0634. The highest BCUT2D eigenvalue weighted by Gasteiger charge is 2.41. The van der Waals surface area contributed by atoms with Crippen LogP contribution < -0.4 is 5.32 Å². The zero-order valence-electron chi connectivity index (χ0n) is 10.8. The molecule has 2 rings (SSSR count). The third-order valence-corrected chi connectivity index (χ3v) is 3.99. The average Bonchev–Trinajstić information content (AvgIpc) is 2.52. The number of piperidine rings is 1. The molecule has 1 N–H and O–H groups in total. The molecule has 0 saturated carbocycles. The fourth-order valence-electron chi connectivity index (χ4n) is 3.26. The molecule has 0 radical (unpaired) electrons. The van der Waals surface area contributed by atoms with Gasteiger partial charge < -0.3 is 10.2 Å². The van der Waals surface area contributed by atoms with Gasteiger partial charge in [0.15, 0.2) is 0 Å². The van der Waals surface area contributed by atoms with Gasteiger partial charge >= 0.3 is 0 Å². The zero-order valence-corrected chi connectivity index (χ0v) is 10.8. The fourth-order valence-corrected chi connectivity index (χ4v) is 3.26. The molecule has 0 aromatic carbocycles. The second kappa shape index (κ2) is 4.36. The Hall–Kier alpha value is -0.570. The molecule has 2 aliphatic rings. The Balaban J connectivity index is 2.03. The van der Waals surface area contributed by atoms with E-state index >= 15 is 0 Å². The number of carbonyl (C=O) groups excluding carboxylic acids is 1. The number of nitrogens with zero attached hydrogens (tertiary/aromatic N) is 1. The molecule has 0 aliphatic carbocycles. The second-order valence-electron chi connectivity index (χ2n) is 6.11. The molecule has 2 fully saturated rings. The lowest BCUT2D eigenvalue weighted by Gasteiger charge is -2.35. The van der Waals surface area contributed by atoms with Crippen molar-refractivity contribution in [2.24, 2.45) is 11.8 Å². The van der Waals surface area contributed by atoms with E-state index in [4.69, 9.17) is 0 Å². The predicted molar refractivity (Wildman–Crippen MR) is 65.2 cm³/mol. The van der Waals surface area contributed by atoms with Crippen LogP contribution >= 0.6 is 0 Å². The van der Waals surface area contributed by atoms with Gasteiger partial charge in [-0.3, -0.25) is 4.79 Å². The zero-order chi connectivity index (χ0) is 11.8. The molecular weight excluding hydrogens is 200 g/mol. The van der Waals surface area contributed by atoms with E-state index in [9.17, 15) is 4.79 Å². The van der Waals surface area contributed by atoms with Crippen LogP contribution in [-0.4, -0.2) is 36.0 Å². The minimum Gasteiger partial charge on any atom is -0.337 e. The van der Waals surface area contributed by atoms with Gasteiger partial charge in [0, 0.05) is 18.6 Å². The molecule has 3 heteroatoms. The lowest BCUT2D eigenvalue weighted by Crippen LogP contribution is -2.49. The molecule has 0 aromatic rings. The van der Waals surface area contributed by atoms with Crippen LogP contribution in [0.5, 0.6) is 0 Å². The van der Waals surface area contributed by atoms with E-state index in [2.05, 4.69) is 31.0 Å². The molecule has 0 spiro atoms. The van der Waals surface area contributed by atoms with Crippen molar-refractivity contribution in [1.82, 2.24) is 10.2 Å². The van der Waals surface area contributed by atoms with E-state index < -0.39 is 0 Å². The van der Waals surface area contributed by atoms with Crippen LogP contribution in [0.1, 0.15) is 40.0 Å². The predicted octanol–water partition coefficient (Wildman–Crippen LogP) is 1.63. The van der Waals surface area contributed by atoms with Crippen molar-refractivity contribution in [1.29, 1.82) is 0 Å². The first-order chi connectivity index (χ1) is 7.50. The molecule has 0 bridgehead atoms. The highest BCUT2D eigenvalue weighted by molar-refractivity contribution is 5.80. The molecular formula is C13H24N2O. The first-order valence-corrected chi connectivity index (χ1v) is 6.53. The van der Waals surface area contributed by atoms with Crippen molar-refractivity contribution in [3.63, 3.8) is 0 Å². The van der Waals surface area contributed by atoms with Crippen LogP contribution in [0.15, 0.2) is 0 Å². The highest BCUT2D eigenvalue weighted by atomic mass is 16.2. The summed E-state index contributed by atoms with van der Waals surface area (Å²) < 4.78 is 0. The van der Waals surface area contributed by atoms with E-state index in [0.717, 1.165) is 38.9 Å². The number of rotatable bonds is 1. The van der Waals surface area contributed by atoms with Gasteiger partial charge in [-0.1, -0.05) is 6.92 Å². The second-order valence-corrected chi connectivity index (χ2v) is 6.11. The molecule has 1 amide bonds. The Morgan fingerprint density at radius 3 is 2.69 bits per heavy atom. The van der Waals surface area contributed by atoms with E-state index in [1.165, 1.54) is 0 Å². The van der Waals surface area contributed by atoms with Gasteiger partial charge in [0.25, 0.3) is 0 Å². The van der Waals surface area contributed by atoms with Crippen molar-refractivity contribution in [3.05, 3.63) is 0 Å². The number of likely N-dealkylation sites (tertiary alicyclic amines) is 1. The van der Waals surface area contributed by atoms with Gasteiger partial charge in [-0.25, -0.2) is 0 Å². The normalized spacial score (nSPS) is 34.1. The molecule has 2 heterocycles. The number of amides is 1. The SMILES string of the molecule is CC1CN(C(=O)C2CCCNC2)C(C)(C)C1. The maximum atomic E-state index is 12.4. The van der Waals surface area contributed by atoms with Crippen LogP contribution in [0.25, 0.3) is 0 Å². The summed E-state index contributed by atoms with van der Waals surface area (Å²) >= 11 is 0. The minimum atomic E-state index is 0.0634. The number of hydrogen-bond acceptors (Lipinski definition) is 2. The van der Waals surface area contributed by atoms with Gasteiger partial charge in [-0.2, -0.15) is 0 Å². The Kier molecular flexibility index (Phi) is 3.24. The molecule has 3 nitrogen and oxygen atoms in total. The summed E-state index contributed by atoms with van der Waals surface area (Å²) in [6.07, 6.45) is 3.34. The lowest BCUT2D eigenvalue weighted by molar-refractivity contribution is -0.139. The third kappa shape index (κ3) is 2.24. The van der Waals surface area contributed by atoms with Crippen molar-refractivity contribution < 1.29 is 4.79 Å². The lowest BCUT2D eigenvalue weighted by atomic mass is 9.94. The molecule has 2 saturated heterocycles. The smallest absolute Gasteiger partial charge is 0.227 e. The summed E-state index contributed by atoms with van der Waals surface area (Å²) in [4.78, 5) is 14.6. The first kappa shape index (κ1) is 11.9. The van der Waals surface area contributed by atoms with Crippen LogP contribution in [0, 0.1) is 11.8 Å². The van der Waals surface area contributed by atoms with E-state index in [-0.39, 0.29) is 11.5 Å². The van der Waals surface area contributed by atoms with Crippen LogP contribution in [0.3, 0.4) is 0 Å². The standard InChI is InChI=1S/C13H24N2O/c1-10-7-13(2,3)15(9-10)12(16)11-5-4-6-14-8-11/h10-11,14H,4-9H2,1-3H3. The highest BCUT2D eigenvalue weighted by Crippen LogP contribution is 2.34. The van der Waals surface area contributed by atoms with Crippen molar-refractivity contribution in [2.45, 2.75) is 45.6 Å². The summed E-state index contributed by atoms with van der Waals surface area (Å²) in [5.74, 6) is 1.25. The van der Waals surface area contributed by atoms with E-state index in [1.54, 1.807) is 0 Å². The summed E-state index contributed by atoms with van der Waals surface area (Å²) in [6.45, 7) is 9.54. The summed E-state index contributed by atoms with van der Waals surface area (Å²) in [5, 5.41) is 3.33. The van der Waals surface area contributed by atoms with Crippen molar-refractivity contribution in [3.8, 4) is 0 Å². The Morgan fingerprint density at radius 2 is 2.19 bits per heavy atom. The molecule has 0 aromatic heterocycles. The van der Waals surface area contributed by atoms with E-state index in [0.29, 0.717) is 11.8 Å². The molecule has 92 valence electrons. The van der Waals surface area contributed by atoms with Crippen LogP contribution in [0.2, 0.25) is 0 Å². The Morgan fingerprint density at radius 1 is 1.44 bits per heavy atom. The topological polar surface area (TPSA) is 32.3 Å². The van der Waals surface area contributed by atoms with E-state index in [1.807, 2.05) is 0 Å². The van der Waals surface area contributed by atoms with Gasteiger partial charge in [-0.15, -0.1) is 0 Å². The van der Waals surface area contributed by atoms with Crippen LogP contribution in [-0.2, 0) is 4.79 Å². The summed E-state index contributed by atoms with van der Waals surface area (Å²) in [7, 11) is 0. The van der Waals surface area contributed by atoms with Crippen molar-refractivity contribution >= 4 is 5.91 Å². The maximum absolute atomic E-state index is 12.4. The molecule has 16 heavy (non-hydrogen) atoms. The molecule has 2 unspecified atom stereocenters. The fraction of sp³-hybridized carbons (Fsp3) is 0.923. The largest absolute Gasteiger partial charge is 0.337 e. The maximum Gasteiger partial charge on any atom is 0.227 e. The summed E-state index contributed by atoms with van der Waals surface area (Å²) in [5.41, 5.74) is 0.0634. The summed E-state index contributed by atoms with van der Waals surface area (Å²) in [6, 6.07) is 0. The molecule has 2 atom stereocenters. The van der Waals surface area contributed by atoms with Gasteiger partial charge in [0.05, 0.1) is 5.92 Å². The van der Waals surface area contributed by atoms with Gasteiger partial charge in [0.1, 0.15) is 0 Å².